The van der Waals surface area contributed by atoms with E-state index in [1.165, 1.54) is 0 Å². The molecule has 0 saturated heterocycles. The predicted octanol–water partition coefficient (Wildman–Crippen LogP) is 2.53. The molecule has 0 bridgehead atoms. The number of hydrogen-bond acceptors (Lipinski definition) is 3. The highest BCUT2D eigenvalue weighted by atomic mass is 16.5. The minimum Gasteiger partial charge on any atom is -0.477 e. The van der Waals surface area contributed by atoms with Gasteiger partial charge in [0.25, 0.3) is 5.91 Å². The molecule has 2 rings (SSSR count). The Morgan fingerprint density at radius 1 is 1.47 bits per heavy atom. The van der Waals surface area contributed by atoms with Crippen LogP contribution >= 0.6 is 0 Å². The summed E-state index contributed by atoms with van der Waals surface area (Å²) in [6.45, 7) is 4.31. The van der Waals surface area contributed by atoms with Crippen molar-refractivity contribution in [3.63, 3.8) is 0 Å². The largest absolute Gasteiger partial charge is 0.477 e. The van der Waals surface area contributed by atoms with E-state index in [4.69, 9.17) is 10.5 Å². The van der Waals surface area contributed by atoms with Crippen LogP contribution in [-0.2, 0) is 0 Å². The molecule has 1 aliphatic carbocycles. The molecule has 2 N–H and O–H groups in total. The van der Waals surface area contributed by atoms with Crippen LogP contribution in [-0.4, -0.2) is 17.5 Å². The Hall–Kier alpha value is -1.84. The van der Waals surface area contributed by atoms with Crippen molar-refractivity contribution < 1.29 is 9.53 Å². The quantitative estimate of drug-likeness (QED) is 0.846. The fourth-order valence-corrected chi connectivity index (χ4v) is 2.45. The Morgan fingerprint density at radius 2 is 2.26 bits per heavy atom. The zero-order valence-electron chi connectivity index (χ0n) is 11.5. The van der Waals surface area contributed by atoms with Gasteiger partial charge in [0.1, 0.15) is 0 Å². The van der Waals surface area contributed by atoms with Crippen LogP contribution in [0, 0.1) is 19.8 Å². The minimum absolute atomic E-state index is 0.438. The summed E-state index contributed by atoms with van der Waals surface area (Å²) in [5, 5.41) is 0. The molecule has 0 aliphatic heterocycles. The highest BCUT2D eigenvalue weighted by Gasteiger charge is 2.14. The number of ether oxygens (including phenoxy) is 1. The molecule has 0 saturated carbocycles. The molecule has 1 aromatic heterocycles. The first kappa shape index (κ1) is 13.6. The zero-order chi connectivity index (χ0) is 13.8. The summed E-state index contributed by atoms with van der Waals surface area (Å²) in [7, 11) is 0. The smallest absolute Gasteiger partial charge is 0.250 e. The van der Waals surface area contributed by atoms with Crippen molar-refractivity contribution in [3.05, 3.63) is 35.0 Å². The first-order valence-corrected chi connectivity index (χ1v) is 6.63. The second kappa shape index (κ2) is 5.87. The molecule has 1 heterocycles. The number of nitrogens with zero attached hydrogens (tertiary/aromatic N) is 1. The monoisotopic (exact) mass is 260 g/mol. The summed E-state index contributed by atoms with van der Waals surface area (Å²) in [5.41, 5.74) is 7.27. The maximum absolute atomic E-state index is 11.3. The van der Waals surface area contributed by atoms with Gasteiger partial charge in [-0.2, -0.15) is 0 Å². The van der Waals surface area contributed by atoms with Crippen molar-refractivity contribution in [3.8, 4) is 5.88 Å². The highest BCUT2D eigenvalue weighted by molar-refractivity contribution is 5.95. The molecule has 4 heteroatoms. The molecule has 1 amide bonds. The number of nitrogens with two attached hydrogens (primary N) is 1. The summed E-state index contributed by atoms with van der Waals surface area (Å²) in [4.78, 5) is 15.6. The number of amides is 1. The molecule has 1 atom stereocenters. The molecule has 0 radical (unpaired) electrons. The van der Waals surface area contributed by atoms with Gasteiger partial charge in [-0.25, -0.2) is 4.98 Å². The average Bonchev–Trinajstić information content (AvgIpc) is 2.36. The number of primary amides is 1. The number of hydrogen-bond donors (Lipinski definition) is 1. The topological polar surface area (TPSA) is 65.2 Å². The normalized spacial score (nSPS) is 18.3. The van der Waals surface area contributed by atoms with Gasteiger partial charge in [-0.05, 0) is 44.6 Å². The van der Waals surface area contributed by atoms with Gasteiger partial charge in [0.05, 0.1) is 17.9 Å². The van der Waals surface area contributed by atoms with E-state index in [0.29, 0.717) is 29.7 Å². The molecule has 0 fully saturated rings. The Labute approximate surface area is 113 Å². The van der Waals surface area contributed by atoms with Gasteiger partial charge in [-0.3, -0.25) is 4.79 Å². The van der Waals surface area contributed by atoms with Gasteiger partial charge in [0.2, 0.25) is 5.88 Å². The minimum atomic E-state index is -0.438. The van der Waals surface area contributed by atoms with Crippen LogP contribution in [0.5, 0.6) is 5.88 Å². The van der Waals surface area contributed by atoms with Crippen LogP contribution in [0.25, 0.3) is 0 Å². The van der Waals surface area contributed by atoms with Gasteiger partial charge in [0, 0.05) is 6.07 Å². The lowest BCUT2D eigenvalue weighted by Crippen LogP contribution is -2.17. The van der Waals surface area contributed by atoms with Crippen molar-refractivity contribution >= 4 is 5.91 Å². The van der Waals surface area contributed by atoms with E-state index < -0.39 is 5.91 Å². The molecule has 1 unspecified atom stereocenters. The average molecular weight is 260 g/mol. The Bertz CT molecular complexity index is 486. The fourth-order valence-electron chi connectivity index (χ4n) is 2.45. The summed E-state index contributed by atoms with van der Waals surface area (Å²) in [6, 6.07) is 1.78. The van der Waals surface area contributed by atoms with E-state index >= 15 is 0 Å². The molecule has 0 aromatic carbocycles. The lowest BCUT2D eigenvalue weighted by molar-refractivity contribution is 0.0998. The molecule has 1 aromatic rings. The third-order valence-electron chi connectivity index (χ3n) is 3.47. The van der Waals surface area contributed by atoms with Gasteiger partial charge >= 0.3 is 0 Å². The standard InChI is InChI=1S/C15H20N2O2/c1-10-8-13(17-11(2)14(10)15(16)18)19-9-12-6-4-3-5-7-12/h3-4,8,12H,5-7,9H2,1-2H3,(H2,16,18). The predicted molar refractivity (Wildman–Crippen MR) is 74.2 cm³/mol. The van der Waals surface area contributed by atoms with Crippen molar-refractivity contribution in [2.24, 2.45) is 11.7 Å². The molecule has 102 valence electrons. The second-order valence-electron chi connectivity index (χ2n) is 5.06. The van der Waals surface area contributed by atoms with Crippen LogP contribution in [0.1, 0.15) is 40.9 Å². The Morgan fingerprint density at radius 3 is 2.84 bits per heavy atom. The number of aryl methyl sites for hydroxylation is 2. The van der Waals surface area contributed by atoms with Crippen molar-refractivity contribution in [1.82, 2.24) is 4.98 Å². The number of pyridine rings is 1. The lowest BCUT2D eigenvalue weighted by Gasteiger charge is -2.18. The van der Waals surface area contributed by atoms with Crippen LogP contribution in [0.4, 0.5) is 0 Å². The van der Waals surface area contributed by atoms with Crippen molar-refractivity contribution in [2.45, 2.75) is 33.1 Å². The molecular formula is C15H20N2O2. The number of rotatable bonds is 4. The van der Waals surface area contributed by atoms with E-state index in [1.54, 1.807) is 13.0 Å². The second-order valence-corrected chi connectivity index (χ2v) is 5.06. The summed E-state index contributed by atoms with van der Waals surface area (Å²) < 4.78 is 5.74. The van der Waals surface area contributed by atoms with Crippen LogP contribution in [0.3, 0.4) is 0 Å². The van der Waals surface area contributed by atoms with Gasteiger partial charge in [-0.15, -0.1) is 0 Å². The molecule has 19 heavy (non-hydrogen) atoms. The van der Waals surface area contributed by atoms with Crippen LogP contribution < -0.4 is 10.5 Å². The summed E-state index contributed by atoms with van der Waals surface area (Å²) >= 11 is 0. The summed E-state index contributed by atoms with van der Waals surface area (Å²) in [5.74, 6) is 0.698. The molecule has 1 aliphatic rings. The van der Waals surface area contributed by atoms with E-state index in [1.807, 2.05) is 6.92 Å². The maximum Gasteiger partial charge on any atom is 0.250 e. The third kappa shape index (κ3) is 3.34. The highest BCUT2D eigenvalue weighted by Crippen LogP contribution is 2.21. The van der Waals surface area contributed by atoms with Crippen molar-refractivity contribution in [1.29, 1.82) is 0 Å². The van der Waals surface area contributed by atoms with Gasteiger partial charge < -0.3 is 10.5 Å². The number of aromatic nitrogens is 1. The number of allylic oxidation sites excluding steroid dienone is 2. The first-order valence-electron chi connectivity index (χ1n) is 6.63. The maximum atomic E-state index is 11.3. The lowest BCUT2D eigenvalue weighted by atomic mass is 9.95. The van der Waals surface area contributed by atoms with E-state index in [9.17, 15) is 4.79 Å². The van der Waals surface area contributed by atoms with E-state index in [2.05, 4.69) is 17.1 Å². The number of carbonyl (C=O) groups is 1. The third-order valence-corrected chi connectivity index (χ3v) is 3.47. The fraction of sp³-hybridized carbons (Fsp3) is 0.467. The van der Waals surface area contributed by atoms with Crippen molar-refractivity contribution in [2.75, 3.05) is 6.61 Å². The Balaban J connectivity index is 2.05. The molecular weight excluding hydrogens is 240 g/mol. The summed E-state index contributed by atoms with van der Waals surface area (Å²) in [6.07, 6.45) is 7.77. The first-order chi connectivity index (χ1) is 9.08. The zero-order valence-corrected chi connectivity index (χ0v) is 11.5. The molecule has 4 nitrogen and oxygen atoms in total. The van der Waals surface area contributed by atoms with E-state index in [0.717, 1.165) is 24.8 Å². The van der Waals surface area contributed by atoms with E-state index in [-0.39, 0.29) is 0 Å². The number of carbonyl (C=O) groups excluding carboxylic acids is 1. The van der Waals surface area contributed by atoms with Gasteiger partial charge in [-0.1, -0.05) is 12.2 Å². The van der Waals surface area contributed by atoms with Crippen LogP contribution in [0.15, 0.2) is 18.2 Å². The Kier molecular flexibility index (Phi) is 4.20. The van der Waals surface area contributed by atoms with Crippen LogP contribution in [0.2, 0.25) is 0 Å². The molecule has 0 spiro atoms. The SMILES string of the molecule is Cc1cc(OCC2CC=CCC2)nc(C)c1C(N)=O. The van der Waals surface area contributed by atoms with Gasteiger partial charge in [0.15, 0.2) is 0 Å².